The van der Waals surface area contributed by atoms with E-state index in [1.165, 1.54) is 32.3 Å². The lowest BCUT2D eigenvalue weighted by molar-refractivity contribution is 0.584. The second kappa shape index (κ2) is 6.81. The van der Waals surface area contributed by atoms with Crippen molar-refractivity contribution in [3.63, 3.8) is 0 Å². The summed E-state index contributed by atoms with van der Waals surface area (Å²) in [5.41, 5.74) is 2.37. The summed E-state index contributed by atoms with van der Waals surface area (Å²) in [5, 5.41) is 0.521. The third kappa shape index (κ3) is 3.12. The van der Waals surface area contributed by atoms with Crippen LogP contribution in [-0.2, 0) is 22.9 Å². The fourth-order valence-electron chi connectivity index (χ4n) is 3.27. The van der Waals surface area contributed by atoms with E-state index in [2.05, 4.69) is 34.2 Å². The number of aromatic nitrogens is 2. The first-order valence-electron chi connectivity index (χ1n) is 8.48. The highest BCUT2D eigenvalue weighted by molar-refractivity contribution is 7.93. The standard InChI is InChI=1S/C19H19N3O2S2/c1-22(26(23,24)16-8-5-11-20-13-16)19-21-17-10-9-15(12-18(17)25-19)14-6-3-2-4-7-14/h2-8,11,13,15H,9-10,12H2,1H3. The molecule has 0 aliphatic heterocycles. The molecule has 1 unspecified atom stereocenters. The number of thiazole rings is 1. The molecule has 134 valence electrons. The Hall–Kier alpha value is -2.25. The molecule has 7 heteroatoms. The van der Waals surface area contributed by atoms with Crippen molar-refractivity contribution in [3.8, 4) is 0 Å². The molecule has 1 atom stereocenters. The maximum atomic E-state index is 12.8. The summed E-state index contributed by atoms with van der Waals surface area (Å²) in [4.78, 5) is 9.90. The summed E-state index contributed by atoms with van der Waals surface area (Å²) >= 11 is 1.48. The van der Waals surface area contributed by atoms with Crippen LogP contribution in [0.25, 0.3) is 0 Å². The van der Waals surface area contributed by atoms with Crippen LogP contribution in [0.15, 0.2) is 59.8 Å². The van der Waals surface area contributed by atoms with E-state index in [9.17, 15) is 8.42 Å². The van der Waals surface area contributed by atoms with Crippen LogP contribution in [0.2, 0.25) is 0 Å². The molecule has 3 aromatic rings. The molecule has 0 saturated heterocycles. The number of anilines is 1. The molecule has 0 radical (unpaired) electrons. The summed E-state index contributed by atoms with van der Waals surface area (Å²) in [7, 11) is -2.08. The minimum absolute atomic E-state index is 0.179. The Labute approximate surface area is 157 Å². The van der Waals surface area contributed by atoms with Crippen molar-refractivity contribution in [2.45, 2.75) is 30.1 Å². The van der Waals surface area contributed by atoms with Crippen LogP contribution < -0.4 is 4.31 Å². The number of nitrogens with zero attached hydrogens (tertiary/aromatic N) is 3. The van der Waals surface area contributed by atoms with E-state index >= 15 is 0 Å². The van der Waals surface area contributed by atoms with Gasteiger partial charge in [0, 0.05) is 24.3 Å². The first-order chi connectivity index (χ1) is 12.6. The molecular weight excluding hydrogens is 366 g/mol. The van der Waals surface area contributed by atoms with Crippen LogP contribution in [0.3, 0.4) is 0 Å². The van der Waals surface area contributed by atoms with E-state index in [0.717, 1.165) is 25.0 Å². The largest absolute Gasteiger partial charge is 0.267 e. The van der Waals surface area contributed by atoms with Crippen LogP contribution in [0.4, 0.5) is 5.13 Å². The SMILES string of the molecule is CN(c1nc2c(s1)CC(c1ccccc1)CC2)S(=O)(=O)c1cccnc1. The van der Waals surface area contributed by atoms with E-state index in [-0.39, 0.29) is 4.90 Å². The van der Waals surface area contributed by atoms with Crippen molar-refractivity contribution in [2.24, 2.45) is 0 Å². The third-order valence-electron chi connectivity index (χ3n) is 4.76. The Morgan fingerprint density at radius 3 is 2.69 bits per heavy atom. The van der Waals surface area contributed by atoms with Gasteiger partial charge in [0.15, 0.2) is 5.13 Å². The summed E-state index contributed by atoms with van der Waals surface area (Å²) in [6.45, 7) is 0. The second-order valence-electron chi connectivity index (χ2n) is 6.38. The topological polar surface area (TPSA) is 63.2 Å². The van der Waals surface area contributed by atoms with Gasteiger partial charge in [0.2, 0.25) is 0 Å². The Morgan fingerprint density at radius 2 is 1.96 bits per heavy atom. The maximum Gasteiger partial charge on any atom is 0.267 e. The predicted octanol–water partition coefficient (Wildman–Crippen LogP) is 3.64. The Balaban J connectivity index is 1.60. The van der Waals surface area contributed by atoms with Gasteiger partial charge in [-0.25, -0.2) is 17.7 Å². The van der Waals surface area contributed by atoms with E-state index in [1.54, 1.807) is 25.4 Å². The normalized spacial score (nSPS) is 16.9. The highest BCUT2D eigenvalue weighted by Gasteiger charge is 2.28. The second-order valence-corrected chi connectivity index (χ2v) is 9.41. The van der Waals surface area contributed by atoms with Gasteiger partial charge >= 0.3 is 0 Å². The van der Waals surface area contributed by atoms with Crippen molar-refractivity contribution >= 4 is 26.5 Å². The van der Waals surface area contributed by atoms with Crippen molar-refractivity contribution < 1.29 is 8.42 Å². The fraction of sp³-hybridized carbons (Fsp3) is 0.263. The number of fused-ring (bicyclic) bond motifs is 1. The summed E-state index contributed by atoms with van der Waals surface area (Å²) in [6.07, 6.45) is 5.76. The zero-order chi connectivity index (χ0) is 18.1. The van der Waals surface area contributed by atoms with Gasteiger partial charge < -0.3 is 0 Å². The average molecular weight is 386 g/mol. The molecule has 0 fully saturated rings. The molecule has 5 nitrogen and oxygen atoms in total. The lowest BCUT2D eigenvalue weighted by Gasteiger charge is -2.21. The zero-order valence-electron chi connectivity index (χ0n) is 14.4. The van der Waals surface area contributed by atoms with E-state index in [0.29, 0.717) is 11.0 Å². The van der Waals surface area contributed by atoms with Gasteiger partial charge in [-0.1, -0.05) is 30.3 Å². The van der Waals surface area contributed by atoms with E-state index < -0.39 is 10.0 Å². The van der Waals surface area contributed by atoms with E-state index in [4.69, 9.17) is 0 Å². The molecule has 0 bridgehead atoms. The zero-order valence-corrected chi connectivity index (χ0v) is 16.0. The van der Waals surface area contributed by atoms with Crippen molar-refractivity contribution in [3.05, 3.63) is 71.0 Å². The fourth-order valence-corrected chi connectivity index (χ4v) is 5.73. The number of sulfonamides is 1. The third-order valence-corrected chi connectivity index (χ3v) is 7.80. The number of hydrogen-bond acceptors (Lipinski definition) is 5. The van der Waals surface area contributed by atoms with Crippen molar-refractivity contribution in [1.29, 1.82) is 0 Å². The van der Waals surface area contributed by atoms with Crippen molar-refractivity contribution in [2.75, 3.05) is 11.4 Å². The number of pyridine rings is 1. The molecule has 2 aromatic heterocycles. The van der Waals surface area contributed by atoms with Gasteiger partial charge in [-0.3, -0.25) is 4.98 Å². The number of aryl methyl sites for hydroxylation is 1. The molecule has 1 aromatic carbocycles. The first-order valence-corrected chi connectivity index (χ1v) is 10.7. The Bertz CT molecular complexity index is 1000. The molecule has 1 aliphatic carbocycles. The Kier molecular flexibility index (Phi) is 4.50. The van der Waals surface area contributed by atoms with Gasteiger partial charge in [0.05, 0.1) is 5.69 Å². The minimum atomic E-state index is -3.64. The summed E-state index contributed by atoms with van der Waals surface area (Å²) in [6, 6.07) is 13.7. The van der Waals surface area contributed by atoms with Crippen LogP contribution in [0, 0.1) is 0 Å². The quantitative estimate of drug-likeness (QED) is 0.688. The Morgan fingerprint density at radius 1 is 1.15 bits per heavy atom. The smallest absolute Gasteiger partial charge is 0.263 e. The molecule has 0 N–H and O–H groups in total. The molecule has 2 heterocycles. The molecular formula is C19H19N3O2S2. The molecule has 0 spiro atoms. The monoisotopic (exact) mass is 385 g/mol. The number of hydrogen-bond donors (Lipinski definition) is 0. The van der Waals surface area contributed by atoms with Crippen LogP contribution in [0.1, 0.15) is 28.5 Å². The number of rotatable bonds is 4. The van der Waals surface area contributed by atoms with Gasteiger partial charge in [-0.15, -0.1) is 11.3 Å². The lowest BCUT2D eigenvalue weighted by Crippen LogP contribution is -2.26. The average Bonchev–Trinajstić information content (AvgIpc) is 3.12. The van der Waals surface area contributed by atoms with Crippen molar-refractivity contribution in [1.82, 2.24) is 9.97 Å². The van der Waals surface area contributed by atoms with Crippen LogP contribution in [-0.4, -0.2) is 25.4 Å². The molecule has 26 heavy (non-hydrogen) atoms. The molecule has 1 aliphatic rings. The van der Waals surface area contributed by atoms with E-state index in [1.807, 2.05) is 6.07 Å². The first kappa shape index (κ1) is 17.2. The predicted molar refractivity (Wildman–Crippen MR) is 103 cm³/mol. The lowest BCUT2D eigenvalue weighted by atomic mass is 9.85. The maximum absolute atomic E-state index is 12.8. The summed E-state index contributed by atoms with van der Waals surface area (Å²) in [5.74, 6) is 0.470. The van der Waals surface area contributed by atoms with Gasteiger partial charge in [-0.2, -0.15) is 0 Å². The highest BCUT2D eigenvalue weighted by atomic mass is 32.2. The molecule has 0 amide bonds. The van der Waals surface area contributed by atoms with Crippen LogP contribution in [0.5, 0.6) is 0 Å². The highest BCUT2D eigenvalue weighted by Crippen LogP contribution is 2.38. The van der Waals surface area contributed by atoms with Gasteiger partial charge in [0.25, 0.3) is 10.0 Å². The molecule has 4 rings (SSSR count). The van der Waals surface area contributed by atoms with Gasteiger partial charge in [0.1, 0.15) is 4.90 Å². The summed E-state index contributed by atoms with van der Waals surface area (Å²) < 4.78 is 26.8. The minimum Gasteiger partial charge on any atom is -0.263 e. The molecule has 0 saturated carbocycles. The van der Waals surface area contributed by atoms with Crippen LogP contribution >= 0.6 is 11.3 Å². The van der Waals surface area contributed by atoms with Gasteiger partial charge in [-0.05, 0) is 42.9 Å². The number of benzene rings is 1.